The van der Waals surface area contributed by atoms with E-state index in [1.54, 1.807) is 24.3 Å². The normalized spacial score (nSPS) is 9.56. The molecule has 0 heterocycles. The first-order chi connectivity index (χ1) is 7.50. The summed E-state index contributed by atoms with van der Waals surface area (Å²) in [6, 6.07) is 6.95. The van der Waals surface area contributed by atoms with Gasteiger partial charge in [-0.15, -0.1) is 12.6 Å². The highest BCUT2D eigenvalue weighted by Crippen LogP contribution is 2.18. The summed E-state index contributed by atoms with van der Waals surface area (Å²) in [5, 5.41) is 11.1. The molecule has 0 aliphatic heterocycles. The lowest BCUT2D eigenvalue weighted by Crippen LogP contribution is -2.15. The summed E-state index contributed by atoms with van der Waals surface area (Å²) in [4.78, 5) is 22.5. The van der Waals surface area contributed by atoms with Crippen LogP contribution in [0.5, 0.6) is 0 Å². The van der Waals surface area contributed by atoms with Gasteiger partial charge in [0.2, 0.25) is 5.91 Å². The van der Waals surface area contributed by atoms with Gasteiger partial charge in [0.05, 0.1) is 12.1 Å². The van der Waals surface area contributed by atoms with Crippen molar-refractivity contribution < 1.29 is 14.7 Å². The van der Waals surface area contributed by atoms with Crippen LogP contribution in [0.25, 0.3) is 0 Å². The molecule has 1 amide bonds. The minimum atomic E-state index is -1.17. The van der Waals surface area contributed by atoms with E-state index in [1.807, 2.05) is 0 Å². The smallest absolute Gasteiger partial charge is 0.331 e. The summed E-state index contributed by atoms with van der Waals surface area (Å²) in [7, 11) is 0. The predicted octanol–water partition coefficient (Wildman–Crippen LogP) is 1.94. The first-order valence-corrected chi connectivity index (χ1v) is 4.94. The van der Waals surface area contributed by atoms with E-state index in [0.29, 0.717) is 10.6 Å². The maximum absolute atomic E-state index is 11.4. The molecule has 4 nitrogen and oxygen atoms in total. The van der Waals surface area contributed by atoms with E-state index in [9.17, 15) is 9.59 Å². The van der Waals surface area contributed by atoms with Crippen LogP contribution in [0.4, 0.5) is 5.69 Å². The minimum Gasteiger partial charge on any atom is -0.478 e. The highest BCUT2D eigenvalue weighted by atomic mass is 32.1. The molecule has 0 unspecified atom stereocenters. The number of nitrogens with one attached hydrogen (secondary N) is 1. The average molecular weight is 237 g/mol. The summed E-state index contributed by atoms with van der Waals surface area (Å²) in [6.07, 6.45) is -0.239. The number of carboxylic acid groups (broad SMARTS) is 1. The molecule has 0 spiro atoms. The zero-order valence-electron chi connectivity index (χ0n) is 8.43. The molecule has 0 fully saturated rings. The number of hydrogen-bond donors (Lipinski definition) is 3. The number of rotatable bonds is 4. The minimum absolute atomic E-state index is 0.144. The van der Waals surface area contributed by atoms with Gasteiger partial charge < -0.3 is 10.4 Å². The summed E-state index contributed by atoms with van der Waals surface area (Å²) >= 11 is 4.15. The van der Waals surface area contributed by atoms with Crippen LogP contribution in [0.1, 0.15) is 6.42 Å². The van der Waals surface area contributed by atoms with Crippen molar-refractivity contribution in [2.24, 2.45) is 0 Å². The molecule has 84 valence electrons. The Balaban J connectivity index is 2.62. The topological polar surface area (TPSA) is 66.4 Å². The first kappa shape index (κ1) is 12.3. The Morgan fingerprint density at radius 3 is 2.56 bits per heavy atom. The van der Waals surface area contributed by atoms with Gasteiger partial charge in [-0.25, -0.2) is 4.79 Å². The van der Waals surface area contributed by atoms with Gasteiger partial charge in [0.15, 0.2) is 0 Å². The summed E-state index contributed by atoms with van der Waals surface area (Å²) < 4.78 is 0. The molecule has 0 saturated heterocycles. The number of para-hydroxylation sites is 1. The highest BCUT2D eigenvalue weighted by molar-refractivity contribution is 7.80. The second-order valence-corrected chi connectivity index (χ2v) is 3.63. The fourth-order valence-corrected chi connectivity index (χ4v) is 1.26. The van der Waals surface area contributed by atoms with E-state index in [4.69, 9.17) is 5.11 Å². The molecule has 0 radical (unpaired) electrons. The molecule has 0 atom stereocenters. The Labute approximate surface area is 98.4 Å². The largest absolute Gasteiger partial charge is 0.478 e. The van der Waals surface area contributed by atoms with E-state index in [2.05, 4.69) is 24.5 Å². The quantitative estimate of drug-likeness (QED) is 0.554. The Bertz CT molecular complexity index is 443. The van der Waals surface area contributed by atoms with Gasteiger partial charge in [-0.3, -0.25) is 4.79 Å². The number of benzene rings is 1. The van der Waals surface area contributed by atoms with Gasteiger partial charge in [-0.2, -0.15) is 0 Å². The molecule has 1 rings (SSSR count). The number of amides is 1. The predicted molar refractivity (Wildman–Crippen MR) is 63.7 cm³/mol. The van der Waals surface area contributed by atoms with Crippen LogP contribution in [-0.2, 0) is 9.59 Å². The lowest BCUT2D eigenvalue weighted by molar-refractivity contribution is -0.133. The van der Waals surface area contributed by atoms with E-state index < -0.39 is 11.9 Å². The number of aliphatic carboxylic acids is 1. The molecular formula is C11H11NO3S. The molecule has 0 aromatic heterocycles. The molecule has 1 aromatic carbocycles. The van der Waals surface area contributed by atoms with Crippen LogP contribution in [-0.4, -0.2) is 17.0 Å². The number of anilines is 1. The van der Waals surface area contributed by atoms with E-state index in [0.717, 1.165) is 0 Å². The molecule has 2 N–H and O–H groups in total. The molecule has 0 bridgehead atoms. The zero-order valence-corrected chi connectivity index (χ0v) is 9.33. The monoisotopic (exact) mass is 237 g/mol. The summed E-state index contributed by atoms with van der Waals surface area (Å²) in [5.74, 6) is -1.59. The number of hydrogen-bond acceptors (Lipinski definition) is 3. The fraction of sp³-hybridized carbons (Fsp3) is 0.0909. The average Bonchev–Trinajstić information content (AvgIpc) is 2.21. The lowest BCUT2D eigenvalue weighted by Gasteiger charge is -2.07. The zero-order chi connectivity index (χ0) is 12.1. The van der Waals surface area contributed by atoms with Crippen molar-refractivity contribution in [1.29, 1.82) is 0 Å². The second-order valence-electron chi connectivity index (χ2n) is 3.15. The Hall–Kier alpha value is -1.75. The molecule has 0 aliphatic carbocycles. The van der Waals surface area contributed by atoms with Gasteiger partial charge in [0, 0.05) is 10.5 Å². The van der Waals surface area contributed by atoms with Gasteiger partial charge in [0.25, 0.3) is 0 Å². The first-order valence-electron chi connectivity index (χ1n) is 4.49. The van der Waals surface area contributed by atoms with Crippen LogP contribution >= 0.6 is 12.6 Å². The molecular weight excluding hydrogens is 226 g/mol. The van der Waals surface area contributed by atoms with Gasteiger partial charge in [-0.05, 0) is 12.1 Å². The highest BCUT2D eigenvalue weighted by Gasteiger charge is 2.11. The number of carbonyl (C=O) groups is 2. The fourth-order valence-electron chi connectivity index (χ4n) is 1.04. The van der Waals surface area contributed by atoms with E-state index >= 15 is 0 Å². The van der Waals surface area contributed by atoms with E-state index in [-0.39, 0.29) is 12.0 Å². The summed E-state index contributed by atoms with van der Waals surface area (Å²) in [5.41, 5.74) is 0.406. The molecule has 1 aromatic rings. The third-order valence-electron chi connectivity index (χ3n) is 1.85. The third kappa shape index (κ3) is 3.43. The van der Waals surface area contributed by atoms with Crippen molar-refractivity contribution in [2.45, 2.75) is 11.3 Å². The summed E-state index contributed by atoms with van der Waals surface area (Å²) in [6.45, 7) is 3.28. The van der Waals surface area contributed by atoms with Crippen molar-refractivity contribution in [2.75, 3.05) is 5.32 Å². The Morgan fingerprint density at radius 2 is 2.00 bits per heavy atom. The SMILES string of the molecule is C=C(CC(=O)Nc1ccccc1S)C(=O)O. The number of carbonyl (C=O) groups excluding carboxylic acids is 1. The second kappa shape index (κ2) is 5.37. The van der Waals surface area contributed by atoms with Crippen LogP contribution < -0.4 is 5.32 Å². The van der Waals surface area contributed by atoms with Gasteiger partial charge >= 0.3 is 5.97 Å². The van der Waals surface area contributed by atoms with Crippen molar-refractivity contribution in [3.05, 3.63) is 36.4 Å². The maximum Gasteiger partial charge on any atom is 0.331 e. The van der Waals surface area contributed by atoms with Crippen LogP contribution in [0, 0.1) is 0 Å². The van der Waals surface area contributed by atoms with Crippen LogP contribution in [0.3, 0.4) is 0 Å². The number of carboxylic acids is 1. The van der Waals surface area contributed by atoms with Crippen molar-refractivity contribution in [3.63, 3.8) is 0 Å². The van der Waals surface area contributed by atoms with Gasteiger partial charge in [0.1, 0.15) is 0 Å². The van der Waals surface area contributed by atoms with Crippen LogP contribution in [0.2, 0.25) is 0 Å². The molecule has 16 heavy (non-hydrogen) atoms. The van der Waals surface area contributed by atoms with Gasteiger partial charge in [-0.1, -0.05) is 18.7 Å². The van der Waals surface area contributed by atoms with E-state index in [1.165, 1.54) is 0 Å². The maximum atomic E-state index is 11.4. The Kier molecular flexibility index (Phi) is 4.13. The standard InChI is InChI=1S/C11H11NO3S/c1-7(11(14)15)6-10(13)12-8-4-2-3-5-9(8)16/h2-5,16H,1,6H2,(H,12,13)(H,14,15). The third-order valence-corrected chi connectivity index (χ3v) is 2.24. The van der Waals surface area contributed by atoms with Crippen molar-refractivity contribution in [3.8, 4) is 0 Å². The Morgan fingerprint density at radius 1 is 1.38 bits per heavy atom. The lowest BCUT2D eigenvalue weighted by atomic mass is 10.2. The van der Waals surface area contributed by atoms with Crippen molar-refractivity contribution in [1.82, 2.24) is 0 Å². The van der Waals surface area contributed by atoms with Crippen LogP contribution in [0.15, 0.2) is 41.3 Å². The number of thiol groups is 1. The van der Waals surface area contributed by atoms with Crippen molar-refractivity contribution >= 4 is 30.2 Å². The molecule has 0 saturated carbocycles. The molecule has 0 aliphatic rings. The molecule has 5 heteroatoms.